The number of alkyl halides is 3. The SMILES string of the molecule is O=S(=O)(NCC1=NN(c2ccc(Cl)cc2Cl)C(c2ccc(Cl)cc2)C1)c1ccc(OCC(F)(F)F)cc1. The van der Waals surface area contributed by atoms with E-state index < -0.39 is 22.8 Å². The summed E-state index contributed by atoms with van der Waals surface area (Å²) in [5.41, 5.74) is 2.03. The van der Waals surface area contributed by atoms with E-state index in [0.717, 1.165) is 17.7 Å². The third kappa shape index (κ3) is 7.08. The molecule has 1 aliphatic rings. The fourth-order valence-electron chi connectivity index (χ4n) is 3.65. The van der Waals surface area contributed by atoms with Gasteiger partial charge in [0, 0.05) is 16.5 Å². The van der Waals surface area contributed by atoms with E-state index in [1.165, 1.54) is 12.1 Å². The minimum atomic E-state index is -4.50. The van der Waals surface area contributed by atoms with Crippen molar-refractivity contribution in [2.75, 3.05) is 18.2 Å². The van der Waals surface area contributed by atoms with E-state index in [0.29, 0.717) is 32.9 Å². The normalized spacial score (nSPS) is 16.1. The van der Waals surface area contributed by atoms with Crippen molar-refractivity contribution in [3.8, 4) is 5.75 Å². The molecule has 0 amide bonds. The van der Waals surface area contributed by atoms with Crippen molar-refractivity contribution in [3.63, 3.8) is 0 Å². The van der Waals surface area contributed by atoms with Crippen LogP contribution >= 0.6 is 34.8 Å². The number of sulfonamides is 1. The summed E-state index contributed by atoms with van der Waals surface area (Å²) >= 11 is 18.5. The molecule has 0 aliphatic carbocycles. The Labute approximate surface area is 226 Å². The predicted octanol–water partition coefficient (Wildman–Crippen LogP) is 6.87. The summed E-state index contributed by atoms with van der Waals surface area (Å²) in [6, 6.07) is 16.6. The molecule has 0 saturated carbocycles. The molecule has 13 heteroatoms. The summed E-state index contributed by atoms with van der Waals surface area (Å²) in [6.45, 7) is -1.57. The van der Waals surface area contributed by atoms with E-state index in [2.05, 4.69) is 14.6 Å². The van der Waals surface area contributed by atoms with Gasteiger partial charge >= 0.3 is 6.18 Å². The van der Waals surface area contributed by atoms with Crippen molar-refractivity contribution in [1.82, 2.24) is 4.72 Å². The molecule has 0 saturated heterocycles. The fourth-order valence-corrected chi connectivity index (χ4v) is 5.29. The van der Waals surface area contributed by atoms with Crippen LogP contribution in [0.2, 0.25) is 15.1 Å². The number of rotatable bonds is 8. The molecule has 1 atom stereocenters. The topological polar surface area (TPSA) is 71.0 Å². The first-order chi connectivity index (χ1) is 17.4. The van der Waals surface area contributed by atoms with Crippen LogP contribution in [0.1, 0.15) is 18.0 Å². The van der Waals surface area contributed by atoms with E-state index in [1.54, 1.807) is 35.3 Å². The summed E-state index contributed by atoms with van der Waals surface area (Å²) in [5.74, 6) is -0.0993. The highest BCUT2D eigenvalue weighted by molar-refractivity contribution is 7.89. The minimum Gasteiger partial charge on any atom is -0.484 e. The predicted molar refractivity (Wildman–Crippen MR) is 138 cm³/mol. The Hall–Kier alpha value is -2.50. The maximum absolute atomic E-state index is 12.8. The van der Waals surface area contributed by atoms with Gasteiger partial charge in [0.2, 0.25) is 10.0 Å². The number of hydrogen-bond acceptors (Lipinski definition) is 5. The molecule has 37 heavy (non-hydrogen) atoms. The number of nitrogens with zero attached hydrogens (tertiary/aromatic N) is 2. The molecule has 0 bridgehead atoms. The number of hydrazone groups is 1. The summed E-state index contributed by atoms with van der Waals surface area (Å²) < 4.78 is 69.7. The van der Waals surface area contributed by atoms with E-state index in [9.17, 15) is 21.6 Å². The van der Waals surface area contributed by atoms with Gasteiger partial charge in [-0.25, -0.2) is 13.1 Å². The summed E-state index contributed by atoms with van der Waals surface area (Å²) in [7, 11) is -3.98. The zero-order valence-electron chi connectivity index (χ0n) is 18.8. The van der Waals surface area contributed by atoms with Crippen molar-refractivity contribution in [2.45, 2.75) is 23.5 Å². The van der Waals surface area contributed by atoms with Gasteiger partial charge in [-0.2, -0.15) is 18.3 Å². The summed E-state index contributed by atoms with van der Waals surface area (Å²) in [5, 5.41) is 7.74. The van der Waals surface area contributed by atoms with Crippen molar-refractivity contribution in [1.29, 1.82) is 0 Å². The maximum atomic E-state index is 12.8. The van der Waals surface area contributed by atoms with Gasteiger partial charge in [-0.1, -0.05) is 46.9 Å². The van der Waals surface area contributed by atoms with Crippen LogP contribution in [0.3, 0.4) is 0 Å². The number of anilines is 1. The molecule has 3 aromatic rings. The largest absolute Gasteiger partial charge is 0.484 e. The van der Waals surface area contributed by atoms with Gasteiger partial charge in [-0.3, -0.25) is 5.01 Å². The third-order valence-electron chi connectivity index (χ3n) is 5.39. The molecule has 1 unspecified atom stereocenters. The number of halogens is 6. The molecule has 3 aromatic carbocycles. The molecule has 0 spiro atoms. The maximum Gasteiger partial charge on any atom is 0.422 e. The zero-order valence-corrected chi connectivity index (χ0v) is 21.9. The average molecular weight is 593 g/mol. The van der Waals surface area contributed by atoms with Crippen LogP contribution in [0.25, 0.3) is 0 Å². The van der Waals surface area contributed by atoms with Crippen molar-refractivity contribution in [2.24, 2.45) is 5.10 Å². The molecule has 196 valence electrons. The number of benzene rings is 3. The zero-order chi connectivity index (χ0) is 26.8. The molecule has 4 rings (SSSR count). The van der Waals surface area contributed by atoms with Crippen LogP contribution in [-0.4, -0.2) is 33.5 Å². The van der Waals surface area contributed by atoms with Crippen molar-refractivity contribution < 1.29 is 26.3 Å². The Morgan fingerprint density at radius 1 is 0.973 bits per heavy atom. The lowest BCUT2D eigenvalue weighted by Gasteiger charge is -2.25. The van der Waals surface area contributed by atoms with Gasteiger partial charge in [-0.15, -0.1) is 0 Å². The summed E-state index contributed by atoms with van der Waals surface area (Å²) in [6.07, 6.45) is -4.10. The van der Waals surface area contributed by atoms with Gasteiger partial charge in [0.25, 0.3) is 0 Å². The fraction of sp³-hybridized carbons (Fsp3) is 0.208. The second-order valence-corrected chi connectivity index (χ2v) is 11.1. The first-order valence-electron chi connectivity index (χ1n) is 10.8. The molecular weight excluding hydrogens is 574 g/mol. The van der Waals surface area contributed by atoms with E-state index in [4.69, 9.17) is 34.8 Å². The second-order valence-electron chi connectivity index (χ2n) is 8.08. The second kappa shape index (κ2) is 11.1. The van der Waals surface area contributed by atoms with Crippen LogP contribution in [0.4, 0.5) is 18.9 Å². The summed E-state index contributed by atoms with van der Waals surface area (Å²) in [4.78, 5) is -0.127. The van der Waals surface area contributed by atoms with E-state index in [-0.39, 0.29) is 23.2 Å². The number of hydrogen-bond donors (Lipinski definition) is 1. The number of ether oxygens (including phenoxy) is 1. The molecule has 1 heterocycles. The number of nitrogens with one attached hydrogen (secondary N) is 1. The van der Waals surface area contributed by atoms with Gasteiger partial charge < -0.3 is 4.74 Å². The quantitative estimate of drug-likeness (QED) is 0.310. The lowest BCUT2D eigenvalue weighted by atomic mass is 10.0. The first-order valence-corrected chi connectivity index (χ1v) is 13.4. The Morgan fingerprint density at radius 3 is 2.24 bits per heavy atom. The highest BCUT2D eigenvalue weighted by Crippen LogP contribution is 2.39. The lowest BCUT2D eigenvalue weighted by Crippen LogP contribution is -2.29. The van der Waals surface area contributed by atoms with Crippen LogP contribution in [-0.2, 0) is 10.0 Å². The van der Waals surface area contributed by atoms with Crippen LogP contribution in [0.5, 0.6) is 5.75 Å². The molecular formula is C24H19Cl3F3N3O3S. The third-order valence-corrected chi connectivity index (χ3v) is 7.59. The van der Waals surface area contributed by atoms with Gasteiger partial charge in [-0.05, 0) is 60.2 Å². The Bertz CT molecular complexity index is 1400. The highest BCUT2D eigenvalue weighted by Gasteiger charge is 2.31. The standard InChI is InChI=1S/C24H19Cl3F3N3O3S/c25-16-3-1-15(2-4-16)23-12-18(32-33(23)22-10-5-17(26)11-21(22)27)13-31-37(34,35)20-8-6-19(7-9-20)36-14-24(28,29)30/h1-11,23,31H,12-14H2. The van der Waals surface area contributed by atoms with E-state index in [1.807, 2.05) is 12.1 Å². The van der Waals surface area contributed by atoms with Crippen molar-refractivity contribution in [3.05, 3.63) is 87.4 Å². The average Bonchev–Trinajstić information content (AvgIpc) is 3.26. The Kier molecular flexibility index (Phi) is 8.25. The van der Waals surface area contributed by atoms with Gasteiger partial charge in [0.15, 0.2) is 6.61 Å². The van der Waals surface area contributed by atoms with Crippen molar-refractivity contribution >= 4 is 56.2 Å². The Balaban J connectivity index is 1.51. The van der Waals surface area contributed by atoms with E-state index >= 15 is 0 Å². The smallest absolute Gasteiger partial charge is 0.422 e. The van der Waals surface area contributed by atoms with Gasteiger partial charge in [0.05, 0.1) is 33.9 Å². The Morgan fingerprint density at radius 2 is 1.62 bits per heavy atom. The van der Waals surface area contributed by atoms with Crippen LogP contribution in [0, 0.1) is 0 Å². The minimum absolute atomic E-state index is 0.0968. The monoisotopic (exact) mass is 591 g/mol. The molecule has 1 aliphatic heterocycles. The molecule has 6 nitrogen and oxygen atoms in total. The molecule has 0 fully saturated rings. The first kappa shape index (κ1) is 27.5. The van der Waals surface area contributed by atoms with Gasteiger partial charge in [0.1, 0.15) is 5.75 Å². The van der Waals surface area contributed by atoms with Crippen LogP contribution in [0.15, 0.2) is 76.7 Å². The molecule has 1 N–H and O–H groups in total. The molecule has 0 aromatic heterocycles. The highest BCUT2D eigenvalue weighted by atomic mass is 35.5. The van der Waals surface area contributed by atoms with Crippen LogP contribution < -0.4 is 14.5 Å². The lowest BCUT2D eigenvalue weighted by molar-refractivity contribution is -0.153. The molecule has 0 radical (unpaired) electrons.